The molecule has 0 saturated carbocycles. The van der Waals surface area contributed by atoms with Crippen LogP contribution in [0.1, 0.15) is 117 Å². The van der Waals surface area contributed by atoms with E-state index in [0.29, 0.717) is 0 Å². The summed E-state index contributed by atoms with van der Waals surface area (Å²) in [6.45, 7) is 7.05. The first kappa shape index (κ1) is 26.9. The number of benzene rings is 2. The number of fused-ring (bicyclic) bond motifs is 1. The largest absolute Gasteiger partial charge is 0.293 e. The summed E-state index contributed by atoms with van der Waals surface area (Å²) in [5, 5.41) is 2.80. The minimum absolute atomic E-state index is 1.06. The molecule has 0 bridgehead atoms. The van der Waals surface area contributed by atoms with Gasteiger partial charge in [-0.25, -0.2) is 0 Å². The van der Waals surface area contributed by atoms with E-state index in [4.69, 9.17) is 0 Å². The fourth-order valence-corrected chi connectivity index (χ4v) is 5.14. The highest BCUT2D eigenvalue weighted by Gasteiger charge is 2.24. The third-order valence-corrected chi connectivity index (χ3v) is 7.55. The van der Waals surface area contributed by atoms with Gasteiger partial charge in [0.2, 0.25) is 0 Å². The molecule has 1 atom stereocenters. The summed E-state index contributed by atoms with van der Waals surface area (Å²) in [5.74, 6) is 0. The molecule has 0 N–H and O–H groups in total. The van der Waals surface area contributed by atoms with Crippen LogP contribution in [0.2, 0.25) is 0 Å². The van der Waals surface area contributed by atoms with Crippen LogP contribution >= 0.6 is 0 Å². The maximum absolute atomic E-state index is 2.42. The topological polar surface area (TPSA) is 0 Å². The molecule has 0 spiro atoms. The maximum atomic E-state index is 2.42. The van der Waals surface area contributed by atoms with Crippen LogP contribution in [0.25, 0.3) is 10.8 Å². The van der Waals surface area contributed by atoms with Crippen LogP contribution < -0.4 is 4.48 Å². The Hall–Kier alpha value is -1.34. The highest BCUT2D eigenvalue weighted by atomic mass is 15.3. The molecule has 0 heterocycles. The number of hydrogen-bond acceptors (Lipinski definition) is 0. The molecule has 0 radical (unpaired) electrons. The Bertz CT molecular complexity index is 716. The van der Waals surface area contributed by atoms with Crippen molar-refractivity contribution in [2.45, 2.75) is 117 Å². The number of rotatable bonds is 19. The van der Waals surface area contributed by atoms with Crippen molar-refractivity contribution in [2.75, 3.05) is 20.1 Å². The quantitative estimate of drug-likeness (QED) is 0.151. The number of nitrogens with zero attached hydrogens (tertiary/aromatic N) is 1. The van der Waals surface area contributed by atoms with Gasteiger partial charge in [0.1, 0.15) is 5.69 Å². The molecule has 0 saturated heterocycles. The van der Waals surface area contributed by atoms with Crippen LogP contribution in [-0.2, 0) is 0 Å². The summed E-state index contributed by atoms with van der Waals surface area (Å²) in [5.41, 5.74) is 1.49. The minimum Gasteiger partial charge on any atom is -0.293 e. The van der Waals surface area contributed by atoms with E-state index in [1.807, 2.05) is 0 Å². The molecular weight excluding hydrogens is 386 g/mol. The van der Waals surface area contributed by atoms with E-state index in [1.54, 1.807) is 0 Å². The smallest absolute Gasteiger partial charge is 0.140 e. The Morgan fingerprint density at radius 1 is 0.531 bits per heavy atom. The molecule has 2 aromatic rings. The second-order valence-electron chi connectivity index (χ2n) is 10.2. The van der Waals surface area contributed by atoms with Gasteiger partial charge >= 0.3 is 0 Å². The molecule has 32 heavy (non-hydrogen) atoms. The van der Waals surface area contributed by atoms with E-state index in [-0.39, 0.29) is 0 Å². The summed E-state index contributed by atoms with van der Waals surface area (Å²) < 4.78 is 1.06. The first-order valence-corrected chi connectivity index (χ1v) is 14.0. The van der Waals surface area contributed by atoms with Crippen LogP contribution in [0.3, 0.4) is 0 Å². The van der Waals surface area contributed by atoms with Gasteiger partial charge in [0.05, 0.1) is 20.1 Å². The average molecular weight is 439 g/mol. The molecule has 2 rings (SSSR count). The fourth-order valence-electron chi connectivity index (χ4n) is 5.14. The Balaban J connectivity index is 1.51. The summed E-state index contributed by atoms with van der Waals surface area (Å²) in [7, 11) is 2.42. The van der Waals surface area contributed by atoms with Gasteiger partial charge in [-0.2, -0.15) is 0 Å². The van der Waals surface area contributed by atoms with Crippen LogP contribution in [-0.4, -0.2) is 20.1 Å². The average Bonchev–Trinajstić information content (AvgIpc) is 2.83. The van der Waals surface area contributed by atoms with Gasteiger partial charge in [-0.1, -0.05) is 127 Å². The Morgan fingerprint density at radius 2 is 1.00 bits per heavy atom. The van der Waals surface area contributed by atoms with Crippen molar-refractivity contribution in [3.8, 4) is 0 Å². The molecule has 180 valence electrons. The van der Waals surface area contributed by atoms with Crippen LogP contribution in [0.4, 0.5) is 5.69 Å². The predicted molar refractivity (Wildman–Crippen MR) is 147 cm³/mol. The summed E-state index contributed by atoms with van der Waals surface area (Å²) in [6.07, 6.45) is 23.0. The zero-order chi connectivity index (χ0) is 22.9. The maximum Gasteiger partial charge on any atom is 0.140 e. The third kappa shape index (κ3) is 9.65. The first-order valence-electron chi connectivity index (χ1n) is 14.0. The lowest BCUT2D eigenvalue weighted by atomic mass is 10.0. The van der Waals surface area contributed by atoms with Gasteiger partial charge < -0.3 is 0 Å². The first-order chi connectivity index (χ1) is 15.7. The van der Waals surface area contributed by atoms with Gasteiger partial charge in [0.25, 0.3) is 0 Å². The number of unbranched alkanes of at least 4 members (excludes halogenated alkanes) is 15. The van der Waals surface area contributed by atoms with Crippen molar-refractivity contribution in [3.05, 3.63) is 42.5 Å². The lowest BCUT2D eigenvalue weighted by Crippen LogP contribution is -2.45. The zero-order valence-corrected chi connectivity index (χ0v) is 21.7. The van der Waals surface area contributed by atoms with E-state index >= 15 is 0 Å². The second kappa shape index (κ2) is 16.3. The molecule has 0 amide bonds. The van der Waals surface area contributed by atoms with E-state index < -0.39 is 0 Å². The highest BCUT2D eigenvalue weighted by molar-refractivity contribution is 5.93. The number of quaternary nitrogens is 1. The SMILES string of the molecule is CCCCCCCCCCCCCCCCCC[N+](C)(CC)c1cccc2ccccc12. The molecule has 1 nitrogen and oxygen atoms in total. The van der Waals surface area contributed by atoms with Crippen molar-refractivity contribution in [3.63, 3.8) is 0 Å². The van der Waals surface area contributed by atoms with Gasteiger partial charge in [-0.05, 0) is 37.3 Å². The standard InChI is InChI=1S/C31H52N/c1-4-6-7-8-9-10-11-12-13-14-15-16-17-18-19-22-28-32(3,5-2)31-27-23-25-29-24-20-21-26-30(29)31/h20-21,23-27H,4-19,22,28H2,1-3H3/q+1. The van der Waals surface area contributed by atoms with E-state index in [9.17, 15) is 0 Å². The Morgan fingerprint density at radius 3 is 1.53 bits per heavy atom. The minimum atomic E-state index is 1.06. The van der Waals surface area contributed by atoms with Crippen molar-refractivity contribution < 1.29 is 0 Å². The van der Waals surface area contributed by atoms with Crippen LogP contribution in [0.5, 0.6) is 0 Å². The Kier molecular flexibility index (Phi) is 13.7. The van der Waals surface area contributed by atoms with Gasteiger partial charge in [-0.3, -0.25) is 4.48 Å². The highest BCUT2D eigenvalue weighted by Crippen LogP contribution is 2.31. The third-order valence-electron chi connectivity index (χ3n) is 7.55. The summed E-state index contributed by atoms with van der Waals surface area (Å²) in [6, 6.07) is 15.7. The molecule has 1 unspecified atom stereocenters. The van der Waals surface area contributed by atoms with Crippen LogP contribution in [0.15, 0.2) is 42.5 Å². The number of hydrogen-bond donors (Lipinski definition) is 0. The second-order valence-corrected chi connectivity index (χ2v) is 10.2. The lowest BCUT2D eigenvalue weighted by Gasteiger charge is -2.34. The molecule has 0 aliphatic rings. The lowest BCUT2D eigenvalue weighted by molar-refractivity contribution is 0.337. The monoisotopic (exact) mass is 438 g/mol. The summed E-state index contributed by atoms with van der Waals surface area (Å²) in [4.78, 5) is 0. The van der Waals surface area contributed by atoms with Gasteiger partial charge in [-0.15, -0.1) is 0 Å². The van der Waals surface area contributed by atoms with Crippen molar-refractivity contribution in [2.24, 2.45) is 0 Å². The van der Waals surface area contributed by atoms with E-state index in [2.05, 4.69) is 63.4 Å². The molecule has 0 aromatic heterocycles. The van der Waals surface area contributed by atoms with Gasteiger partial charge in [0, 0.05) is 5.39 Å². The van der Waals surface area contributed by atoms with Crippen molar-refractivity contribution in [1.82, 2.24) is 4.48 Å². The van der Waals surface area contributed by atoms with Crippen molar-refractivity contribution in [1.29, 1.82) is 0 Å². The summed E-state index contributed by atoms with van der Waals surface area (Å²) >= 11 is 0. The van der Waals surface area contributed by atoms with Crippen molar-refractivity contribution >= 4 is 16.5 Å². The molecule has 0 aliphatic heterocycles. The van der Waals surface area contributed by atoms with E-state index in [0.717, 1.165) is 11.0 Å². The van der Waals surface area contributed by atoms with Gasteiger partial charge in [0.15, 0.2) is 0 Å². The zero-order valence-electron chi connectivity index (χ0n) is 21.7. The normalized spacial score (nSPS) is 13.5. The fraction of sp³-hybridized carbons (Fsp3) is 0.677. The predicted octanol–water partition coefficient (Wildman–Crippen LogP) is 10.1. The Labute approximate surface area is 200 Å². The molecule has 1 heteroatoms. The van der Waals surface area contributed by atoms with E-state index in [1.165, 1.54) is 126 Å². The molecular formula is C31H52N+. The molecule has 0 fully saturated rings. The molecule has 2 aromatic carbocycles. The van der Waals surface area contributed by atoms with Crippen LogP contribution in [0, 0.1) is 0 Å². The molecule has 0 aliphatic carbocycles.